The number of aromatic nitrogens is 2. The molecule has 4 rings (SSSR count). The van der Waals surface area contributed by atoms with E-state index in [1.807, 2.05) is 30.3 Å². The van der Waals surface area contributed by atoms with Crippen LogP contribution in [0.15, 0.2) is 30.3 Å². The summed E-state index contributed by atoms with van der Waals surface area (Å²) in [6, 6.07) is 9.80. The number of aromatic amines is 1. The second-order valence-electron chi connectivity index (χ2n) is 5.96. The van der Waals surface area contributed by atoms with E-state index in [2.05, 4.69) is 22.2 Å². The van der Waals surface area contributed by atoms with Gasteiger partial charge < -0.3 is 4.98 Å². The van der Waals surface area contributed by atoms with Crippen molar-refractivity contribution in [2.24, 2.45) is 5.92 Å². The van der Waals surface area contributed by atoms with E-state index in [0.717, 1.165) is 28.8 Å². The maximum Gasteiger partial charge on any atom is 0.268 e. The fraction of sp³-hybridized carbons (Fsp3) is 0.294. The second kappa shape index (κ2) is 5.25. The Morgan fingerprint density at radius 2 is 2.27 bits per heavy atom. The zero-order valence-corrected chi connectivity index (χ0v) is 13.2. The van der Waals surface area contributed by atoms with E-state index in [9.17, 15) is 4.79 Å². The zero-order valence-electron chi connectivity index (χ0n) is 12.3. The highest BCUT2D eigenvalue weighted by molar-refractivity contribution is 7.14. The lowest BCUT2D eigenvalue weighted by Gasteiger charge is -2.16. The van der Waals surface area contributed by atoms with Crippen LogP contribution >= 0.6 is 11.3 Å². The summed E-state index contributed by atoms with van der Waals surface area (Å²) in [5, 5.41) is 2.87. The van der Waals surface area contributed by atoms with Gasteiger partial charge in [0.25, 0.3) is 5.91 Å². The number of hydrogen-bond donors (Lipinski definition) is 2. The summed E-state index contributed by atoms with van der Waals surface area (Å²) < 4.78 is 0. The molecule has 1 atom stereocenters. The van der Waals surface area contributed by atoms with Crippen molar-refractivity contribution in [3.05, 3.63) is 45.6 Å². The van der Waals surface area contributed by atoms with E-state index in [-0.39, 0.29) is 5.91 Å². The second-order valence-corrected chi connectivity index (χ2v) is 7.10. The van der Waals surface area contributed by atoms with Gasteiger partial charge >= 0.3 is 0 Å². The van der Waals surface area contributed by atoms with Crippen LogP contribution in [0, 0.1) is 5.92 Å². The van der Waals surface area contributed by atoms with Gasteiger partial charge in [-0.15, -0.1) is 11.3 Å². The Bertz CT molecular complexity index is 816. The molecule has 1 aliphatic rings. The lowest BCUT2D eigenvalue weighted by Crippen LogP contribution is -2.11. The summed E-state index contributed by atoms with van der Waals surface area (Å²) in [7, 11) is 0. The van der Waals surface area contributed by atoms with Crippen LogP contribution in [-0.2, 0) is 12.8 Å². The molecule has 1 unspecified atom stereocenters. The highest BCUT2D eigenvalue weighted by Gasteiger charge is 2.21. The average molecular weight is 311 g/mol. The van der Waals surface area contributed by atoms with E-state index in [1.165, 1.54) is 16.9 Å². The number of nitrogens with one attached hydrogen (secondary N) is 2. The van der Waals surface area contributed by atoms with Crippen molar-refractivity contribution < 1.29 is 4.79 Å². The molecule has 0 aliphatic heterocycles. The number of H-pyrrole nitrogens is 1. The Kier molecular flexibility index (Phi) is 3.22. The number of anilines is 1. The first-order valence-corrected chi connectivity index (χ1v) is 8.38. The third-order valence-corrected chi connectivity index (χ3v) is 5.41. The molecule has 0 fully saturated rings. The number of benzene rings is 1. The molecule has 2 heterocycles. The molecule has 2 N–H and O–H groups in total. The summed E-state index contributed by atoms with van der Waals surface area (Å²) in [4.78, 5) is 22.1. The van der Waals surface area contributed by atoms with Crippen LogP contribution in [0.5, 0.6) is 0 Å². The van der Waals surface area contributed by atoms with E-state index in [0.29, 0.717) is 11.9 Å². The number of imidazole rings is 1. The Labute approximate surface area is 132 Å². The van der Waals surface area contributed by atoms with E-state index >= 15 is 0 Å². The third kappa shape index (κ3) is 2.41. The maximum atomic E-state index is 12.4. The largest absolute Gasteiger partial charge is 0.324 e. The number of carbonyl (C=O) groups is 1. The minimum atomic E-state index is -0.0777. The Balaban J connectivity index is 1.57. The summed E-state index contributed by atoms with van der Waals surface area (Å²) in [5.74, 6) is 1.14. The summed E-state index contributed by atoms with van der Waals surface area (Å²) in [5.41, 5.74) is 3.13. The van der Waals surface area contributed by atoms with Crippen LogP contribution in [0.25, 0.3) is 11.0 Å². The standard InChI is InChI=1S/C17H17N3OS/c1-10-6-7-14-11(8-10)9-15(22-14)16(21)20-17-18-12-4-2-3-5-13(12)19-17/h2-5,9-10H,6-8H2,1H3,(H2,18,19,20,21). The van der Waals surface area contributed by atoms with E-state index in [1.54, 1.807) is 11.3 Å². The van der Waals surface area contributed by atoms with Crippen LogP contribution in [-0.4, -0.2) is 15.9 Å². The zero-order chi connectivity index (χ0) is 15.1. The lowest BCUT2D eigenvalue weighted by molar-refractivity contribution is 0.102. The predicted molar refractivity (Wildman–Crippen MR) is 89.6 cm³/mol. The predicted octanol–water partition coefficient (Wildman–Crippen LogP) is 4.00. The highest BCUT2D eigenvalue weighted by atomic mass is 32.1. The number of thiophene rings is 1. The molecule has 1 amide bonds. The molecular weight excluding hydrogens is 294 g/mol. The number of carbonyl (C=O) groups excluding carboxylic acids is 1. The normalized spacial score (nSPS) is 17.4. The number of fused-ring (bicyclic) bond motifs is 2. The van der Waals surface area contributed by atoms with Gasteiger partial charge in [0.05, 0.1) is 15.9 Å². The van der Waals surface area contributed by atoms with Crippen molar-refractivity contribution in [1.82, 2.24) is 9.97 Å². The van der Waals surface area contributed by atoms with Crippen LogP contribution in [0.4, 0.5) is 5.95 Å². The molecule has 112 valence electrons. The maximum absolute atomic E-state index is 12.4. The van der Waals surface area contributed by atoms with Crippen molar-refractivity contribution in [1.29, 1.82) is 0 Å². The summed E-state index contributed by atoms with van der Waals surface area (Å²) >= 11 is 1.62. The highest BCUT2D eigenvalue weighted by Crippen LogP contribution is 2.32. The van der Waals surface area contributed by atoms with Crippen molar-refractivity contribution in [2.75, 3.05) is 5.32 Å². The van der Waals surface area contributed by atoms with Gasteiger partial charge in [-0.1, -0.05) is 19.1 Å². The van der Waals surface area contributed by atoms with Gasteiger partial charge in [0.1, 0.15) is 0 Å². The van der Waals surface area contributed by atoms with Gasteiger partial charge in [0.15, 0.2) is 0 Å². The molecule has 5 heteroatoms. The van der Waals surface area contributed by atoms with E-state index in [4.69, 9.17) is 0 Å². The molecule has 2 aromatic heterocycles. The van der Waals surface area contributed by atoms with Gasteiger partial charge in [0.2, 0.25) is 5.95 Å². The van der Waals surface area contributed by atoms with Gasteiger partial charge in [-0.2, -0.15) is 0 Å². The molecule has 4 nitrogen and oxygen atoms in total. The van der Waals surface area contributed by atoms with Gasteiger partial charge in [-0.3, -0.25) is 10.1 Å². The molecule has 0 radical (unpaired) electrons. The Morgan fingerprint density at radius 3 is 3.14 bits per heavy atom. The molecule has 0 bridgehead atoms. The van der Waals surface area contributed by atoms with Crippen molar-refractivity contribution in [2.45, 2.75) is 26.2 Å². The summed E-state index contributed by atoms with van der Waals surface area (Å²) in [6.07, 6.45) is 3.40. The number of amides is 1. The molecule has 0 saturated carbocycles. The fourth-order valence-corrected chi connectivity index (χ4v) is 4.10. The molecule has 1 aliphatic carbocycles. The molecule has 1 aromatic carbocycles. The van der Waals surface area contributed by atoms with Crippen LogP contribution < -0.4 is 5.32 Å². The first-order valence-electron chi connectivity index (χ1n) is 7.57. The number of hydrogen-bond acceptors (Lipinski definition) is 3. The van der Waals surface area contributed by atoms with Crippen molar-refractivity contribution in [3.63, 3.8) is 0 Å². The summed E-state index contributed by atoms with van der Waals surface area (Å²) in [6.45, 7) is 2.27. The SMILES string of the molecule is CC1CCc2sc(C(=O)Nc3nc4ccccc4[nH]3)cc2C1. The van der Waals surface area contributed by atoms with Gasteiger partial charge in [0, 0.05) is 4.88 Å². The van der Waals surface area contributed by atoms with Crippen LogP contribution in [0.2, 0.25) is 0 Å². The first kappa shape index (κ1) is 13.5. The number of nitrogens with zero attached hydrogens (tertiary/aromatic N) is 1. The Morgan fingerprint density at radius 1 is 1.41 bits per heavy atom. The van der Waals surface area contributed by atoms with Gasteiger partial charge in [-0.25, -0.2) is 4.98 Å². The molecule has 0 saturated heterocycles. The minimum absolute atomic E-state index is 0.0777. The minimum Gasteiger partial charge on any atom is -0.324 e. The first-order chi connectivity index (χ1) is 10.7. The van der Waals surface area contributed by atoms with Gasteiger partial charge in [-0.05, 0) is 48.9 Å². The molecular formula is C17H17N3OS. The quantitative estimate of drug-likeness (QED) is 0.751. The van der Waals surface area contributed by atoms with Crippen LogP contribution in [0.1, 0.15) is 33.5 Å². The lowest BCUT2D eigenvalue weighted by atomic mass is 9.90. The number of rotatable bonds is 2. The smallest absolute Gasteiger partial charge is 0.268 e. The monoisotopic (exact) mass is 311 g/mol. The fourth-order valence-electron chi connectivity index (χ4n) is 3.00. The molecule has 22 heavy (non-hydrogen) atoms. The van der Waals surface area contributed by atoms with Crippen molar-refractivity contribution >= 4 is 34.2 Å². The van der Waals surface area contributed by atoms with E-state index < -0.39 is 0 Å². The molecule has 3 aromatic rings. The topological polar surface area (TPSA) is 57.8 Å². The van der Waals surface area contributed by atoms with Crippen LogP contribution in [0.3, 0.4) is 0 Å². The average Bonchev–Trinajstić information content (AvgIpc) is 3.09. The third-order valence-electron chi connectivity index (χ3n) is 4.17. The number of para-hydroxylation sites is 2. The molecule has 0 spiro atoms. The Hall–Kier alpha value is -2.14. The number of aryl methyl sites for hydroxylation is 1. The van der Waals surface area contributed by atoms with Crippen molar-refractivity contribution in [3.8, 4) is 0 Å².